The van der Waals surface area contributed by atoms with Crippen molar-refractivity contribution in [3.05, 3.63) is 10.5 Å². The number of hydrogen-bond acceptors (Lipinski definition) is 6. The fourth-order valence-corrected chi connectivity index (χ4v) is 3.79. The first-order valence-electron chi connectivity index (χ1n) is 4.37. The molecule has 1 aromatic carbocycles. The van der Waals surface area contributed by atoms with Crippen LogP contribution in [0.3, 0.4) is 0 Å². The zero-order valence-corrected chi connectivity index (χ0v) is 12.7. The van der Waals surface area contributed by atoms with Gasteiger partial charge in [0.25, 0.3) is 0 Å². The number of methoxy groups -OCH3 is 2. The normalized spacial score (nSPS) is 12.3. The number of benzene rings is 1. The van der Waals surface area contributed by atoms with E-state index in [-0.39, 0.29) is 4.47 Å². The molecule has 0 saturated heterocycles. The van der Waals surface area contributed by atoms with Crippen LogP contribution in [0.5, 0.6) is 11.5 Å². The van der Waals surface area contributed by atoms with Crippen LogP contribution in [0.1, 0.15) is 0 Å². The topological polar surface area (TPSA) is 86.7 Å². The summed E-state index contributed by atoms with van der Waals surface area (Å²) < 4.78 is 79.1. The SMILES string of the molecule is COc1c(Br)cc(S(=O)(=O)F)c(OC)c1S(=O)(=O)F. The van der Waals surface area contributed by atoms with Crippen LogP contribution in [-0.4, -0.2) is 31.1 Å². The van der Waals surface area contributed by atoms with Crippen molar-refractivity contribution in [1.82, 2.24) is 0 Å². The quantitative estimate of drug-likeness (QED) is 0.740. The molecule has 0 aliphatic rings. The second kappa shape index (κ2) is 5.21. The van der Waals surface area contributed by atoms with Crippen LogP contribution in [-0.2, 0) is 20.4 Å². The van der Waals surface area contributed by atoms with Gasteiger partial charge < -0.3 is 9.47 Å². The highest BCUT2D eigenvalue weighted by atomic mass is 79.9. The lowest BCUT2D eigenvalue weighted by Crippen LogP contribution is -2.06. The standard InChI is InChI=1S/C8H7BrF2O6S2/c1-16-6-4(9)3-5(18(10,12)13)7(17-2)8(6)19(11,14)15/h3H,1-2H3. The molecular formula is C8H7BrF2O6S2. The maximum Gasteiger partial charge on any atom is 0.339 e. The number of rotatable bonds is 4. The van der Waals surface area contributed by atoms with E-state index in [1.54, 1.807) is 0 Å². The van der Waals surface area contributed by atoms with Crippen LogP contribution in [0.2, 0.25) is 0 Å². The molecule has 0 fully saturated rings. The van der Waals surface area contributed by atoms with E-state index in [2.05, 4.69) is 25.4 Å². The summed E-state index contributed by atoms with van der Waals surface area (Å²) in [4.78, 5) is -2.33. The van der Waals surface area contributed by atoms with Crippen molar-refractivity contribution in [2.75, 3.05) is 14.2 Å². The van der Waals surface area contributed by atoms with Crippen molar-refractivity contribution in [3.8, 4) is 11.5 Å². The number of halogens is 3. The van der Waals surface area contributed by atoms with E-state index in [1.807, 2.05) is 0 Å². The Bertz CT molecular complexity index is 713. The highest BCUT2D eigenvalue weighted by Crippen LogP contribution is 2.44. The van der Waals surface area contributed by atoms with Gasteiger partial charge in [0.15, 0.2) is 16.4 Å². The second-order valence-corrected chi connectivity index (χ2v) is 6.58. The Labute approximate surface area is 116 Å². The first-order chi connectivity index (χ1) is 8.54. The Morgan fingerprint density at radius 2 is 1.47 bits per heavy atom. The van der Waals surface area contributed by atoms with Gasteiger partial charge in [-0.1, -0.05) is 0 Å². The van der Waals surface area contributed by atoms with Gasteiger partial charge in [-0.05, 0) is 22.0 Å². The molecule has 0 aromatic heterocycles. The first kappa shape index (κ1) is 16.1. The van der Waals surface area contributed by atoms with Crippen molar-refractivity contribution >= 4 is 36.4 Å². The lowest BCUT2D eigenvalue weighted by molar-refractivity contribution is 0.360. The molecule has 0 radical (unpaired) electrons. The minimum atomic E-state index is -5.40. The molecule has 0 unspecified atom stereocenters. The molecule has 1 rings (SSSR count). The Hall–Kier alpha value is -0.940. The smallest absolute Gasteiger partial charge is 0.339 e. The van der Waals surface area contributed by atoms with Gasteiger partial charge in [-0.25, -0.2) is 0 Å². The fourth-order valence-electron chi connectivity index (χ4n) is 1.36. The van der Waals surface area contributed by atoms with Crippen molar-refractivity contribution in [2.45, 2.75) is 9.79 Å². The Morgan fingerprint density at radius 1 is 1.00 bits per heavy atom. The van der Waals surface area contributed by atoms with Crippen LogP contribution in [0, 0.1) is 0 Å². The lowest BCUT2D eigenvalue weighted by atomic mass is 10.3. The molecule has 1 aromatic rings. The monoisotopic (exact) mass is 380 g/mol. The van der Waals surface area contributed by atoms with Crippen molar-refractivity contribution < 1.29 is 34.1 Å². The lowest BCUT2D eigenvalue weighted by Gasteiger charge is -2.14. The molecule has 19 heavy (non-hydrogen) atoms. The van der Waals surface area contributed by atoms with Gasteiger partial charge in [0.05, 0.1) is 18.7 Å². The summed E-state index contributed by atoms with van der Waals surface area (Å²) in [5, 5.41) is 0. The molecule has 11 heteroatoms. The molecule has 6 nitrogen and oxygen atoms in total. The van der Waals surface area contributed by atoms with Crippen LogP contribution < -0.4 is 9.47 Å². The molecule has 0 saturated carbocycles. The van der Waals surface area contributed by atoms with Crippen LogP contribution in [0.25, 0.3) is 0 Å². The van der Waals surface area contributed by atoms with Crippen LogP contribution in [0.4, 0.5) is 7.77 Å². The minimum absolute atomic E-state index is 0.261. The highest BCUT2D eigenvalue weighted by molar-refractivity contribution is 9.10. The predicted molar refractivity (Wildman–Crippen MR) is 63.8 cm³/mol. The van der Waals surface area contributed by atoms with Gasteiger partial charge in [0.1, 0.15) is 4.90 Å². The zero-order chi connectivity index (χ0) is 15.0. The van der Waals surface area contributed by atoms with E-state index < -0.39 is 41.7 Å². The summed E-state index contributed by atoms with van der Waals surface area (Å²) in [6.45, 7) is 0. The van der Waals surface area contributed by atoms with Crippen LogP contribution in [0.15, 0.2) is 20.3 Å². The third-order valence-corrected chi connectivity index (χ3v) is 4.30. The summed E-state index contributed by atoms with van der Waals surface area (Å²) in [7, 11) is -8.83. The number of hydrogen-bond donors (Lipinski definition) is 0. The molecule has 0 heterocycles. The van der Waals surface area contributed by atoms with Crippen molar-refractivity contribution in [3.63, 3.8) is 0 Å². The van der Waals surface area contributed by atoms with Gasteiger partial charge in [0.2, 0.25) is 0 Å². The molecular weight excluding hydrogens is 374 g/mol. The van der Waals surface area contributed by atoms with Crippen LogP contribution >= 0.6 is 15.9 Å². The summed E-state index contributed by atoms with van der Waals surface area (Å²) in [6, 6.07) is 0.710. The molecule has 0 aliphatic heterocycles. The van der Waals surface area contributed by atoms with E-state index in [1.165, 1.54) is 0 Å². The molecule has 0 aliphatic carbocycles. The molecule has 0 amide bonds. The maximum absolute atomic E-state index is 13.2. The molecule has 0 N–H and O–H groups in total. The molecule has 0 atom stereocenters. The Morgan fingerprint density at radius 3 is 1.79 bits per heavy atom. The highest BCUT2D eigenvalue weighted by Gasteiger charge is 2.33. The fraction of sp³-hybridized carbons (Fsp3) is 0.250. The summed E-state index contributed by atoms with van der Waals surface area (Å²) >= 11 is 2.76. The van der Waals surface area contributed by atoms with Crippen molar-refractivity contribution in [2.24, 2.45) is 0 Å². The molecule has 0 spiro atoms. The van der Waals surface area contributed by atoms with Gasteiger partial charge in [-0.15, -0.1) is 7.77 Å². The summed E-state index contributed by atoms with van der Waals surface area (Å²) in [5.41, 5.74) is 0. The van der Waals surface area contributed by atoms with E-state index in [4.69, 9.17) is 0 Å². The minimum Gasteiger partial charge on any atom is -0.494 e. The van der Waals surface area contributed by atoms with E-state index in [0.29, 0.717) is 6.07 Å². The van der Waals surface area contributed by atoms with Gasteiger partial charge >= 0.3 is 20.4 Å². The van der Waals surface area contributed by atoms with Gasteiger partial charge in [-0.3, -0.25) is 0 Å². The largest absolute Gasteiger partial charge is 0.494 e. The van der Waals surface area contributed by atoms with E-state index >= 15 is 0 Å². The molecule has 0 bridgehead atoms. The Balaban J connectivity index is 4.02. The summed E-state index contributed by atoms with van der Waals surface area (Å²) in [6.07, 6.45) is 0. The summed E-state index contributed by atoms with van der Waals surface area (Å²) in [5.74, 6) is -1.53. The average molecular weight is 381 g/mol. The van der Waals surface area contributed by atoms with E-state index in [9.17, 15) is 24.6 Å². The van der Waals surface area contributed by atoms with Crippen molar-refractivity contribution in [1.29, 1.82) is 0 Å². The first-order valence-corrected chi connectivity index (χ1v) is 7.93. The average Bonchev–Trinajstić information content (AvgIpc) is 2.24. The predicted octanol–water partition coefficient (Wildman–Crippen LogP) is 1.78. The Kier molecular flexibility index (Phi) is 4.42. The van der Waals surface area contributed by atoms with E-state index in [0.717, 1.165) is 14.2 Å². The van der Waals surface area contributed by atoms with Gasteiger partial charge in [-0.2, -0.15) is 16.8 Å². The van der Waals surface area contributed by atoms with Gasteiger partial charge in [0, 0.05) is 0 Å². The molecule has 108 valence electrons. The third kappa shape index (κ3) is 3.15. The maximum atomic E-state index is 13.2. The third-order valence-electron chi connectivity index (χ3n) is 2.03. The second-order valence-electron chi connectivity index (χ2n) is 3.13. The zero-order valence-electron chi connectivity index (χ0n) is 9.48. The number of ether oxygens (including phenoxy) is 2.